The highest BCUT2D eigenvalue weighted by molar-refractivity contribution is 6.05. The Kier molecular flexibility index (Phi) is 8.94. The van der Waals surface area contributed by atoms with Gasteiger partial charge in [-0.25, -0.2) is 23.9 Å². The number of carbonyl (C=O) groups is 3. The van der Waals surface area contributed by atoms with Crippen molar-refractivity contribution >= 4 is 51.8 Å². The molecule has 12 nitrogen and oxygen atoms in total. The quantitative estimate of drug-likeness (QED) is 0.247. The maximum absolute atomic E-state index is 15.2. The van der Waals surface area contributed by atoms with Crippen LogP contribution in [0.1, 0.15) is 0 Å². The first-order valence-corrected chi connectivity index (χ1v) is 14.5. The molecule has 3 aromatic carbocycles. The van der Waals surface area contributed by atoms with Crippen molar-refractivity contribution in [1.82, 2.24) is 14.9 Å². The number of rotatable bonds is 8. The third-order valence-corrected chi connectivity index (χ3v) is 7.47. The minimum atomic E-state index is -0.893. The lowest BCUT2D eigenvalue weighted by Gasteiger charge is -2.35. The molecule has 0 bridgehead atoms. The summed E-state index contributed by atoms with van der Waals surface area (Å²) in [6.45, 7) is 3.84. The second-order valence-corrected chi connectivity index (χ2v) is 10.5. The second kappa shape index (κ2) is 13.5. The number of anilines is 4. The van der Waals surface area contributed by atoms with Gasteiger partial charge in [-0.1, -0.05) is 30.3 Å². The van der Waals surface area contributed by atoms with Crippen LogP contribution in [0.25, 0.3) is 22.0 Å². The fourth-order valence-electron chi connectivity index (χ4n) is 5.15. The molecular formula is C33H29FN6O6. The molecule has 4 aromatic rings. The first-order valence-electron chi connectivity index (χ1n) is 14.5. The van der Waals surface area contributed by atoms with Crippen molar-refractivity contribution in [3.05, 3.63) is 96.9 Å². The van der Waals surface area contributed by atoms with Gasteiger partial charge in [0.05, 0.1) is 17.8 Å². The van der Waals surface area contributed by atoms with Crippen LogP contribution in [0.4, 0.5) is 27.4 Å². The highest BCUT2D eigenvalue weighted by Crippen LogP contribution is 2.31. The van der Waals surface area contributed by atoms with Crippen molar-refractivity contribution in [2.45, 2.75) is 0 Å². The fourth-order valence-corrected chi connectivity index (χ4v) is 5.15. The predicted molar refractivity (Wildman–Crippen MR) is 168 cm³/mol. The van der Waals surface area contributed by atoms with Crippen molar-refractivity contribution in [2.24, 2.45) is 0 Å². The van der Waals surface area contributed by atoms with Gasteiger partial charge in [-0.15, -0.1) is 0 Å². The van der Waals surface area contributed by atoms with Crippen LogP contribution in [0, 0.1) is 5.82 Å². The van der Waals surface area contributed by atoms with Crippen molar-refractivity contribution in [3.8, 4) is 11.1 Å². The number of nitrogens with one attached hydrogen (secondary N) is 2. The fraction of sp³-hybridized carbons (Fsp3) is 0.182. The van der Waals surface area contributed by atoms with E-state index in [9.17, 15) is 14.4 Å². The molecule has 3 N–H and O–H groups in total. The van der Waals surface area contributed by atoms with Crippen LogP contribution in [-0.4, -0.2) is 77.2 Å². The molecule has 0 unspecified atom stereocenters. The molecule has 0 atom stereocenters. The van der Waals surface area contributed by atoms with Gasteiger partial charge in [0.25, 0.3) is 5.91 Å². The van der Waals surface area contributed by atoms with Gasteiger partial charge in [-0.2, -0.15) is 0 Å². The summed E-state index contributed by atoms with van der Waals surface area (Å²) in [7, 11) is 0. The second-order valence-electron chi connectivity index (χ2n) is 10.5. The number of fused-ring (bicyclic) bond motifs is 1. The third-order valence-electron chi connectivity index (χ3n) is 7.47. The van der Waals surface area contributed by atoms with Crippen molar-refractivity contribution in [3.63, 3.8) is 0 Å². The van der Waals surface area contributed by atoms with Crippen LogP contribution in [0.2, 0.25) is 0 Å². The number of cyclic esters (lactones) is 2. The van der Waals surface area contributed by atoms with Gasteiger partial charge in [-0.05, 0) is 35.9 Å². The van der Waals surface area contributed by atoms with Crippen LogP contribution in [0.15, 0.2) is 91.0 Å². The Bertz CT molecular complexity index is 1870. The Morgan fingerprint density at radius 1 is 0.978 bits per heavy atom. The topological polar surface area (TPSA) is 146 Å². The predicted octanol–water partition coefficient (Wildman–Crippen LogP) is 3.73. The standard InChI is InChI=1S/C33H29FN6O6/c34-26-18-24(40-13-11-39(12-14-40)15-16-41)7-8-27(26)37-33-35-19-22-4-2-6-25(31(22)38-33)21-3-1-5-23(17-21)36-32(44)28-20-45-29(42)9-10-30(43)46-28/h1-10,17-20,41H,11-16H2,(H,36,44)(H,35,37,38)/b10-9-,28-20-. The summed E-state index contributed by atoms with van der Waals surface area (Å²) in [6, 6.07) is 17.5. The summed E-state index contributed by atoms with van der Waals surface area (Å²) in [5.41, 5.74) is 3.42. The number of nitrogens with zero attached hydrogens (tertiary/aromatic N) is 4. The zero-order chi connectivity index (χ0) is 32.0. The zero-order valence-electron chi connectivity index (χ0n) is 24.5. The van der Waals surface area contributed by atoms with Crippen LogP contribution >= 0.6 is 0 Å². The number of hydrogen-bond acceptors (Lipinski definition) is 11. The molecule has 2 aliphatic heterocycles. The van der Waals surface area contributed by atoms with E-state index in [2.05, 4.69) is 25.4 Å². The van der Waals surface area contributed by atoms with Gasteiger partial charge in [0.2, 0.25) is 11.7 Å². The number of carbonyl (C=O) groups excluding carboxylic acids is 3. The number of piperazine rings is 1. The van der Waals surface area contributed by atoms with E-state index in [0.717, 1.165) is 61.2 Å². The lowest BCUT2D eigenvalue weighted by Crippen LogP contribution is -2.47. The van der Waals surface area contributed by atoms with Gasteiger partial charge in [0, 0.05) is 73.4 Å². The Morgan fingerprint density at radius 3 is 2.59 bits per heavy atom. The minimum absolute atomic E-state index is 0.121. The highest BCUT2D eigenvalue weighted by atomic mass is 19.1. The molecule has 0 radical (unpaired) electrons. The van der Waals surface area contributed by atoms with Gasteiger partial charge >= 0.3 is 11.9 Å². The van der Waals surface area contributed by atoms with E-state index in [1.54, 1.807) is 30.5 Å². The number of amides is 1. The van der Waals surface area contributed by atoms with E-state index >= 15 is 4.39 Å². The first-order chi connectivity index (χ1) is 22.4. The molecule has 0 aliphatic carbocycles. The highest BCUT2D eigenvalue weighted by Gasteiger charge is 2.20. The third kappa shape index (κ3) is 7.01. The lowest BCUT2D eigenvalue weighted by molar-refractivity contribution is -0.140. The van der Waals surface area contributed by atoms with Crippen LogP contribution < -0.4 is 15.5 Å². The molecule has 0 spiro atoms. The summed E-state index contributed by atoms with van der Waals surface area (Å²) in [5, 5.41) is 15.5. The van der Waals surface area contributed by atoms with Gasteiger partial charge < -0.3 is 30.1 Å². The average molecular weight is 625 g/mol. The number of hydrogen-bond donors (Lipinski definition) is 3. The van der Waals surface area contributed by atoms with E-state index < -0.39 is 29.4 Å². The summed E-state index contributed by atoms with van der Waals surface area (Å²) >= 11 is 0. The van der Waals surface area contributed by atoms with Gasteiger partial charge in [0.1, 0.15) is 12.1 Å². The summed E-state index contributed by atoms with van der Waals surface area (Å²) in [6.07, 6.45) is 4.17. The molecule has 1 aromatic heterocycles. The Morgan fingerprint density at radius 2 is 1.78 bits per heavy atom. The molecule has 234 valence electrons. The number of benzene rings is 3. The number of esters is 2. The lowest BCUT2D eigenvalue weighted by atomic mass is 10.0. The van der Waals surface area contributed by atoms with Crippen LogP contribution in [0.5, 0.6) is 0 Å². The van der Waals surface area contributed by atoms with Crippen molar-refractivity contribution in [1.29, 1.82) is 0 Å². The van der Waals surface area contributed by atoms with E-state index in [1.807, 2.05) is 30.3 Å². The van der Waals surface area contributed by atoms with Crippen molar-refractivity contribution in [2.75, 3.05) is 54.9 Å². The number of ether oxygens (including phenoxy) is 2. The molecule has 3 heterocycles. The molecule has 13 heteroatoms. The minimum Gasteiger partial charge on any atom is -0.427 e. The maximum Gasteiger partial charge on any atom is 0.336 e. The van der Waals surface area contributed by atoms with E-state index in [0.29, 0.717) is 23.3 Å². The molecule has 1 saturated heterocycles. The monoisotopic (exact) mass is 624 g/mol. The number of para-hydroxylation sites is 1. The molecule has 1 fully saturated rings. The average Bonchev–Trinajstić information content (AvgIpc) is 3.06. The maximum atomic E-state index is 15.2. The molecular weight excluding hydrogens is 595 g/mol. The van der Waals surface area contributed by atoms with E-state index in [1.165, 1.54) is 6.07 Å². The summed E-state index contributed by atoms with van der Waals surface area (Å²) in [5.74, 6) is -3.22. The number of aromatic nitrogens is 2. The van der Waals surface area contributed by atoms with Gasteiger partial charge in [-0.3, -0.25) is 9.69 Å². The number of aliphatic hydroxyl groups excluding tert-OH is 1. The van der Waals surface area contributed by atoms with Crippen LogP contribution in [-0.2, 0) is 23.9 Å². The Balaban J connectivity index is 1.20. The Labute approximate surface area is 262 Å². The summed E-state index contributed by atoms with van der Waals surface area (Å²) < 4.78 is 24.9. The number of aliphatic hydroxyl groups is 1. The first kappa shape index (κ1) is 30.4. The molecule has 6 rings (SSSR count). The molecule has 2 aliphatic rings. The number of halogens is 1. The van der Waals surface area contributed by atoms with E-state index in [-0.39, 0.29) is 18.2 Å². The SMILES string of the molecule is O=C1/C=C\C(=O)O/C(C(=O)Nc2cccc(-c3cccc4cnc(Nc5ccc(N6CCN(CCO)CC6)cc5F)nc34)c2)=C\O1. The Hall–Kier alpha value is -5.66. The van der Waals surface area contributed by atoms with Crippen LogP contribution in [0.3, 0.4) is 0 Å². The smallest absolute Gasteiger partial charge is 0.336 e. The number of β-amino-alcohol motifs (C(OH)–C–C–N with tert-alkyl or cyclic N) is 1. The van der Waals surface area contributed by atoms with Gasteiger partial charge in [0.15, 0.2) is 0 Å². The molecule has 1 amide bonds. The normalized spacial score (nSPS) is 17.3. The largest absolute Gasteiger partial charge is 0.427 e. The zero-order valence-corrected chi connectivity index (χ0v) is 24.5. The summed E-state index contributed by atoms with van der Waals surface area (Å²) in [4.78, 5) is 49.5. The molecule has 46 heavy (non-hydrogen) atoms. The molecule has 0 saturated carbocycles. The van der Waals surface area contributed by atoms with Crippen molar-refractivity contribution < 1.29 is 33.4 Å². The van der Waals surface area contributed by atoms with E-state index in [4.69, 9.17) is 19.6 Å².